The van der Waals surface area contributed by atoms with Crippen LogP contribution in [0, 0.1) is 0 Å². The number of anilines is 1. The highest BCUT2D eigenvalue weighted by atomic mass is 16.5. The maximum atomic E-state index is 11.7. The molecule has 0 unspecified atom stereocenters. The summed E-state index contributed by atoms with van der Waals surface area (Å²) in [5, 5.41) is 24.7. The zero-order valence-corrected chi connectivity index (χ0v) is 13.1. The Hall–Kier alpha value is -2.49. The lowest BCUT2D eigenvalue weighted by molar-refractivity contribution is -0.132. The summed E-state index contributed by atoms with van der Waals surface area (Å²) in [7, 11) is 0. The van der Waals surface area contributed by atoms with Crippen LogP contribution in [0.2, 0.25) is 0 Å². The standard InChI is InChI=1S/C15H21N3O6/c19-6-5-16-14(22)9-24-10-15(23)17-7-13(21)18-12-3-1-11(8-20)2-4-12/h1-4,19-20H,5-10H2,(H,16,22)(H,17,23)(H,18,21). The molecule has 0 fully saturated rings. The summed E-state index contributed by atoms with van der Waals surface area (Å²) in [6.45, 7) is -1.04. The van der Waals surface area contributed by atoms with Crippen molar-refractivity contribution in [2.75, 3.05) is 38.2 Å². The van der Waals surface area contributed by atoms with Gasteiger partial charge >= 0.3 is 0 Å². The molecule has 0 heterocycles. The second-order valence-electron chi connectivity index (χ2n) is 4.75. The first-order valence-electron chi connectivity index (χ1n) is 7.26. The SMILES string of the molecule is O=C(COCC(=O)NCC(=O)Nc1ccc(CO)cc1)NCCO. The molecular weight excluding hydrogens is 318 g/mol. The Kier molecular flexibility index (Phi) is 9.05. The maximum Gasteiger partial charge on any atom is 0.246 e. The lowest BCUT2D eigenvalue weighted by Gasteiger charge is -2.08. The minimum atomic E-state index is -0.532. The van der Waals surface area contributed by atoms with E-state index in [9.17, 15) is 14.4 Å². The molecule has 1 aromatic carbocycles. The summed E-state index contributed by atoms with van der Waals surface area (Å²) in [5.74, 6) is -1.39. The summed E-state index contributed by atoms with van der Waals surface area (Å²) < 4.78 is 4.87. The van der Waals surface area contributed by atoms with Crippen molar-refractivity contribution in [1.82, 2.24) is 10.6 Å². The van der Waals surface area contributed by atoms with Gasteiger partial charge in [0.1, 0.15) is 13.2 Å². The van der Waals surface area contributed by atoms with E-state index in [0.29, 0.717) is 5.69 Å². The van der Waals surface area contributed by atoms with Gasteiger partial charge in [0.2, 0.25) is 17.7 Å². The highest BCUT2D eigenvalue weighted by Crippen LogP contribution is 2.08. The van der Waals surface area contributed by atoms with Crippen LogP contribution in [0.1, 0.15) is 5.56 Å². The average molecular weight is 339 g/mol. The van der Waals surface area contributed by atoms with Crippen molar-refractivity contribution in [2.24, 2.45) is 0 Å². The van der Waals surface area contributed by atoms with Crippen LogP contribution in [0.4, 0.5) is 5.69 Å². The van der Waals surface area contributed by atoms with Gasteiger partial charge in [0.05, 0.1) is 19.8 Å². The van der Waals surface area contributed by atoms with Crippen molar-refractivity contribution >= 4 is 23.4 Å². The van der Waals surface area contributed by atoms with E-state index in [-0.39, 0.29) is 39.5 Å². The molecule has 9 heteroatoms. The molecule has 9 nitrogen and oxygen atoms in total. The van der Waals surface area contributed by atoms with Gasteiger partial charge in [-0.05, 0) is 17.7 Å². The Morgan fingerprint density at radius 2 is 1.54 bits per heavy atom. The largest absolute Gasteiger partial charge is 0.395 e. The molecule has 132 valence electrons. The number of ether oxygens (including phenoxy) is 1. The molecule has 0 aromatic heterocycles. The number of aliphatic hydroxyl groups is 2. The fourth-order valence-electron chi connectivity index (χ4n) is 1.61. The van der Waals surface area contributed by atoms with E-state index in [4.69, 9.17) is 14.9 Å². The Labute approximate surface area is 139 Å². The Balaban J connectivity index is 2.18. The number of rotatable bonds is 10. The van der Waals surface area contributed by atoms with Crippen LogP contribution in [-0.4, -0.2) is 60.8 Å². The van der Waals surface area contributed by atoms with Gasteiger partial charge in [-0.25, -0.2) is 0 Å². The first-order chi connectivity index (χ1) is 11.5. The summed E-state index contributed by atoms with van der Waals surface area (Å²) in [4.78, 5) is 34.3. The summed E-state index contributed by atoms with van der Waals surface area (Å²) >= 11 is 0. The molecule has 1 aromatic rings. The molecule has 0 saturated heterocycles. The first-order valence-corrected chi connectivity index (χ1v) is 7.26. The number of hydrogen-bond donors (Lipinski definition) is 5. The predicted molar refractivity (Wildman–Crippen MR) is 84.9 cm³/mol. The van der Waals surface area contributed by atoms with Crippen molar-refractivity contribution in [3.63, 3.8) is 0 Å². The average Bonchev–Trinajstić information content (AvgIpc) is 2.59. The van der Waals surface area contributed by atoms with Crippen LogP contribution in [-0.2, 0) is 25.7 Å². The molecule has 0 bridgehead atoms. The topological polar surface area (TPSA) is 137 Å². The Morgan fingerprint density at radius 1 is 0.917 bits per heavy atom. The normalized spacial score (nSPS) is 10.1. The van der Waals surface area contributed by atoms with Gasteiger partial charge in [0, 0.05) is 12.2 Å². The number of amides is 3. The van der Waals surface area contributed by atoms with Crippen LogP contribution >= 0.6 is 0 Å². The molecule has 0 spiro atoms. The van der Waals surface area contributed by atoms with Crippen molar-refractivity contribution in [3.8, 4) is 0 Å². The summed E-state index contributed by atoms with van der Waals surface area (Å²) in [6, 6.07) is 6.62. The van der Waals surface area contributed by atoms with Gasteiger partial charge in [0.25, 0.3) is 0 Å². The zero-order chi connectivity index (χ0) is 17.8. The van der Waals surface area contributed by atoms with E-state index in [0.717, 1.165) is 5.56 Å². The van der Waals surface area contributed by atoms with Crippen LogP contribution in [0.3, 0.4) is 0 Å². The minimum absolute atomic E-state index is 0.0810. The van der Waals surface area contributed by atoms with Gasteiger partial charge in [-0.15, -0.1) is 0 Å². The van der Waals surface area contributed by atoms with Gasteiger partial charge in [-0.3, -0.25) is 14.4 Å². The Morgan fingerprint density at radius 3 is 2.12 bits per heavy atom. The quantitative estimate of drug-likeness (QED) is 0.347. The fraction of sp³-hybridized carbons (Fsp3) is 0.400. The smallest absolute Gasteiger partial charge is 0.246 e. The molecule has 5 N–H and O–H groups in total. The fourth-order valence-corrected chi connectivity index (χ4v) is 1.61. The minimum Gasteiger partial charge on any atom is -0.395 e. The summed E-state index contributed by atoms with van der Waals surface area (Å²) in [6.07, 6.45) is 0. The van der Waals surface area contributed by atoms with Crippen LogP contribution in [0.5, 0.6) is 0 Å². The molecule has 0 saturated carbocycles. The van der Waals surface area contributed by atoms with Crippen molar-refractivity contribution in [1.29, 1.82) is 0 Å². The van der Waals surface area contributed by atoms with Gasteiger partial charge in [-0.1, -0.05) is 12.1 Å². The molecule has 0 aliphatic heterocycles. The highest BCUT2D eigenvalue weighted by Gasteiger charge is 2.07. The number of hydrogen-bond acceptors (Lipinski definition) is 6. The molecule has 1 rings (SSSR count). The van der Waals surface area contributed by atoms with Crippen molar-refractivity contribution in [2.45, 2.75) is 6.61 Å². The Bertz CT molecular complexity index is 547. The number of aliphatic hydroxyl groups excluding tert-OH is 2. The molecule has 3 amide bonds. The van der Waals surface area contributed by atoms with E-state index in [1.54, 1.807) is 24.3 Å². The number of carbonyl (C=O) groups excluding carboxylic acids is 3. The monoisotopic (exact) mass is 339 g/mol. The maximum absolute atomic E-state index is 11.7. The molecule has 0 aliphatic carbocycles. The van der Waals surface area contributed by atoms with Crippen molar-refractivity contribution < 1.29 is 29.3 Å². The second kappa shape index (κ2) is 11.1. The highest BCUT2D eigenvalue weighted by molar-refractivity contribution is 5.94. The zero-order valence-electron chi connectivity index (χ0n) is 13.1. The molecule has 0 aliphatic rings. The number of carbonyl (C=O) groups is 3. The lowest BCUT2D eigenvalue weighted by atomic mass is 10.2. The van der Waals surface area contributed by atoms with Gasteiger partial charge in [0.15, 0.2) is 0 Å². The van der Waals surface area contributed by atoms with Gasteiger partial charge in [-0.2, -0.15) is 0 Å². The van der Waals surface area contributed by atoms with E-state index < -0.39 is 17.7 Å². The van der Waals surface area contributed by atoms with Crippen LogP contribution in [0.25, 0.3) is 0 Å². The van der Waals surface area contributed by atoms with Crippen LogP contribution < -0.4 is 16.0 Å². The first kappa shape index (κ1) is 19.6. The third-order valence-corrected chi connectivity index (χ3v) is 2.77. The second-order valence-corrected chi connectivity index (χ2v) is 4.75. The van der Waals surface area contributed by atoms with E-state index in [2.05, 4.69) is 16.0 Å². The van der Waals surface area contributed by atoms with Crippen LogP contribution in [0.15, 0.2) is 24.3 Å². The summed E-state index contributed by atoms with van der Waals surface area (Å²) in [5.41, 5.74) is 1.27. The predicted octanol–water partition coefficient (Wildman–Crippen LogP) is -1.64. The molecule has 0 atom stereocenters. The number of nitrogens with one attached hydrogen (secondary N) is 3. The van der Waals surface area contributed by atoms with E-state index in [1.165, 1.54) is 0 Å². The number of benzene rings is 1. The molecule has 24 heavy (non-hydrogen) atoms. The third-order valence-electron chi connectivity index (χ3n) is 2.77. The lowest BCUT2D eigenvalue weighted by Crippen LogP contribution is -2.36. The third kappa shape index (κ3) is 8.22. The van der Waals surface area contributed by atoms with E-state index >= 15 is 0 Å². The van der Waals surface area contributed by atoms with Crippen molar-refractivity contribution in [3.05, 3.63) is 29.8 Å². The molecule has 0 radical (unpaired) electrons. The van der Waals surface area contributed by atoms with Gasteiger partial charge < -0.3 is 30.9 Å². The molecular formula is C15H21N3O6. The van der Waals surface area contributed by atoms with E-state index in [1.807, 2.05) is 0 Å².